The van der Waals surface area contributed by atoms with Crippen molar-refractivity contribution >= 4 is 0 Å². The van der Waals surface area contributed by atoms with Crippen LogP contribution < -0.4 is 5.32 Å². The van der Waals surface area contributed by atoms with Gasteiger partial charge in [0.15, 0.2) is 0 Å². The highest BCUT2D eigenvalue weighted by molar-refractivity contribution is 5.31. The van der Waals surface area contributed by atoms with Gasteiger partial charge in [-0.3, -0.25) is 4.98 Å². The van der Waals surface area contributed by atoms with Crippen LogP contribution in [0, 0.1) is 0 Å². The van der Waals surface area contributed by atoms with Gasteiger partial charge in [-0.25, -0.2) is 4.68 Å². The van der Waals surface area contributed by atoms with Gasteiger partial charge in [-0.2, -0.15) is 5.10 Å². The maximum Gasteiger partial charge on any atom is 0.0645 e. The molecule has 0 fully saturated rings. The number of pyridine rings is 1. The smallest absolute Gasteiger partial charge is 0.0645 e. The number of aromatic nitrogens is 3. The molecular formula is C17H18N4. The summed E-state index contributed by atoms with van der Waals surface area (Å²) in [6.45, 7) is 0. The first-order chi connectivity index (χ1) is 10.4. The summed E-state index contributed by atoms with van der Waals surface area (Å²) in [6, 6.07) is 16.3. The highest BCUT2D eigenvalue weighted by atomic mass is 15.3. The number of rotatable bonds is 5. The molecular weight excluding hydrogens is 260 g/mol. The summed E-state index contributed by atoms with van der Waals surface area (Å²) in [5.74, 6) is 0. The van der Waals surface area contributed by atoms with Gasteiger partial charge in [-0.1, -0.05) is 24.3 Å². The molecule has 0 aliphatic carbocycles. The first kappa shape index (κ1) is 13.5. The van der Waals surface area contributed by atoms with Crippen molar-refractivity contribution < 1.29 is 0 Å². The molecule has 1 aromatic carbocycles. The van der Waals surface area contributed by atoms with Crippen LogP contribution in [0.5, 0.6) is 0 Å². The van der Waals surface area contributed by atoms with Gasteiger partial charge in [0, 0.05) is 36.1 Å². The van der Waals surface area contributed by atoms with E-state index in [1.54, 1.807) is 0 Å². The van der Waals surface area contributed by atoms with E-state index in [1.807, 2.05) is 72.7 Å². The van der Waals surface area contributed by atoms with Crippen molar-refractivity contribution in [2.24, 2.45) is 0 Å². The fraction of sp³-hybridized carbons (Fsp3) is 0.176. The first-order valence-electron chi connectivity index (χ1n) is 7.04. The Morgan fingerprint density at radius 3 is 2.62 bits per heavy atom. The number of benzene rings is 1. The maximum absolute atomic E-state index is 4.45. The van der Waals surface area contributed by atoms with Gasteiger partial charge in [-0.15, -0.1) is 0 Å². The van der Waals surface area contributed by atoms with Gasteiger partial charge in [0.2, 0.25) is 0 Å². The van der Waals surface area contributed by atoms with Gasteiger partial charge in [0.1, 0.15) is 0 Å². The zero-order chi connectivity index (χ0) is 14.5. The molecule has 1 N–H and O–H groups in total. The van der Waals surface area contributed by atoms with E-state index in [-0.39, 0.29) is 6.04 Å². The Kier molecular flexibility index (Phi) is 4.07. The van der Waals surface area contributed by atoms with Crippen molar-refractivity contribution in [2.75, 3.05) is 7.05 Å². The second-order valence-corrected chi connectivity index (χ2v) is 4.92. The lowest BCUT2D eigenvalue weighted by Crippen LogP contribution is -2.18. The Bertz CT molecular complexity index is 676. The van der Waals surface area contributed by atoms with Gasteiger partial charge >= 0.3 is 0 Å². The van der Waals surface area contributed by atoms with E-state index in [0.717, 1.165) is 23.4 Å². The van der Waals surface area contributed by atoms with E-state index in [2.05, 4.69) is 21.6 Å². The third-order valence-corrected chi connectivity index (χ3v) is 3.51. The molecule has 3 aromatic rings. The van der Waals surface area contributed by atoms with Crippen LogP contribution in [0.3, 0.4) is 0 Å². The molecule has 0 bridgehead atoms. The third kappa shape index (κ3) is 3.17. The van der Waals surface area contributed by atoms with Gasteiger partial charge in [0.25, 0.3) is 0 Å². The number of para-hydroxylation sites is 1. The van der Waals surface area contributed by atoms with Crippen LogP contribution in [0.25, 0.3) is 5.69 Å². The molecule has 0 aliphatic rings. The lowest BCUT2D eigenvalue weighted by molar-refractivity contribution is 0.584. The van der Waals surface area contributed by atoms with Crippen molar-refractivity contribution in [3.05, 3.63) is 78.4 Å². The van der Waals surface area contributed by atoms with Crippen LogP contribution in [0.2, 0.25) is 0 Å². The number of hydrogen-bond acceptors (Lipinski definition) is 3. The Hall–Kier alpha value is -2.46. The number of hydrogen-bond donors (Lipinski definition) is 1. The largest absolute Gasteiger partial charge is 0.313 e. The summed E-state index contributed by atoms with van der Waals surface area (Å²) in [6.07, 6.45) is 6.66. The zero-order valence-corrected chi connectivity index (χ0v) is 12.0. The predicted octanol–water partition coefficient (Wildman–Crippen LogP) is 2.77. The van der Waals surface area contributed by atoms with E-state index in [4.69, 9.17) is 0 Å². The Morgan fingerprint density at radius 1 is 1.10 bits per heavy atom. The normalized spacial score (nSPS) is 12.2. The van der Waals surface area contributed by atoms with Crippen molar-refractivity contribution in [2.45, 2.75) is 12.5 Å². The lowest BCUT2D eigenvalue weighted by atomic mass is 10.1. The maximum atomic E-state index is 4.45. The second-order valence-electron chi connectivity index (χ2n) is 4.92. The minimum atomic E-state index is 0.206. The average Bonchev–Trinajstić information content (AvgIpc) is 3.04. The quantitative estimate of drug-likeness (QED) is 0.780. The minimum Gasteiger partial charge on any atom is -0.313 e. The van der Waals surface area contributed by atoms with Gasteiger partial charge < -0.3 is 5.32 Å². The SMILES string of the molecule is CNC(Cc1ccccn1)c1cnn(-c2ccccc2)c1. The van der Waals surface area contributed by atoms with E-state index in [0.29, 0.717) is 0 Å². The molecule has 0 saturated carbocycles. The van der Waals surface area contributed by atoms with E-state index >= 15 is 0 Å². The molecule has 106 valence electrons. The molecule has 0 aliphatic heterocycles. The summed E-state index contributed by atoms with van der Waals surface area (Å²) < 4.78 is 1.90. The molecule has 1 unspecified atom stereocenters. The van der Waals surface area contributed by atoms with Crippen LogP contribution in [0.15, 0.2) is 67.1 Å². The second kappa shape index (κ2) is 6.33. The molecule has 1 atom stereocenters. The number of likely N-dealkylation sites (N-methyl/N-ethyl adjacent to an activating group) is 1. The van der Waals surface area contributed by atoms with Gasteiger partial charge in [-0.05, 0) is 31.3 Å². The Labute approximate surface area is 124 Å². The monoisotopic (exact) mass is 278 g/mol. The standard InChI is InChI=1S/C17H18N4/c1-18-17(11-15-7-5-6-10-19-15)14-12-20-21(13-14)16-8-3-2-4-9-16/h2-10,12-13,17-18H,11H2,1H3. The summed E-state index contributed by atoms with van der Waals surface area (Å²) in [5.41, 5.74) is 3.30. The van der Waals surface area contributed by atoms with E-state index < -0.39 is 0 Å². The van der Waals surface area contributed by atoms with Crippen molar-refractivity contribution in [3.8, 4) is 5.69 Å². The molecule has 4 nitrogen and oxygen atoms in total. The summed E-state index contributed by atoms with van der Waals surface area (Å²) in [5, 5.41) is 7.79. The molecule has 0 amide bonds. The molecule has 2 aromatic heterocycles. The third-order valence-electron chi connectivity index (χ3n) is 3.51. The van der Waals surface area contributed by atoms with Crippen molar-refractivity contribution in [1.82, 2.24) is 20.1 Å². The fourth-order valence-corrected chi connectivity index (χ4v) is 2.35. The number of nitrogens with zero attached hydrogens (tertiary/aromatic N) is 3. The van der Waals surface area contributed by atoms with Gasteiger partial charge in [0.05, 0.1) is 11.9 Å². The topological polar surface area (TPSA) is 42.7 Å². The summed E-state index contributed by atoms with van der Waals surface area (Å²) >= 11 is 0. The molecule has 0 saturated heterocycles. The molecule has 0 spiro atoms. The predicted molar refractivity (Wildman–Crippen MR) is 83.3 cm³/mol. The zero-order valence-electron chi connectivity index (χ0n) is 12.0. The Morgan fingerprint density at radius 2 is 1.90 bits per heavy atom. The first-order valence-corrected chi connectivity index (χ1v) is 7.04. The highest BCUT2D eigenvalue weighted by Crippen LogP contribution is 2.18. The highest BCUT2D eigenvalue weighted by Gasteiger charge is 2.13. The lowest BCUT2D eigenvalue weighted by Gasteiger charge is -2.13. The molecule has 0 radical (unpaired) electrons. The van der Waals surface area contributed by atoms with Crippen LogP contribution in [-0.4, -0.2) is 21.8 Å². The fourth-order valence-electron chi connectivity index (χ4n) is 2.35. The minimum absolute atomic E-state index is 0.206. The Balaban J connectivity index is 1.81. The van der Waals surface area contributed by atoms with Crippen molar-refractivity contribution in [3.63, 3.8) is 0 Å². The van der Waals surface area contributed by atoms with E-state index in [1.165, 1.54) is 0 Å². The molecule has 2 heterocycles. The van der Waals surface area contributed by atoms with Crippen LogP contribution in [-0.2, 0) is 6.42 Å². The molecule has 4 heteroatoms. The molecule has 21 heavy (non-hydrogen) atoms. The summed E-state index contributed by atoms with van der Waals surface area (Å²) in [4.78, 5) is 4.39. The summed E-state index contributed by atoms with van der Waals surface area (Å²) in [7, 11) is 1.97. The van der Waals surface area contributed by atoms with Crippen LogP contribution in [0.1, 0.15) is 17.3 Å². The van der Waals surface area contributed by atoms with Crippen LogP contribution >= 0.6 is 0 Å². The van der Waals surface area contributed by atoms with Crippen LogP contribution in [0.4, 0.5) is 0 Å². The number of nitrogens with one attached hydrogen (secondary N) is 1. The van der Waals surface area contributed by atoms with E-state index in [9.17, 15) is 0 Å². The van der Waals surface area contributed by atoms with Crippen molar-refractivity contribution in [1.29, 1.82) is 0 Å². The average molecular weight is 278 g/mol. The molecule has 3 rings (SSSR count).